The second-order valence-corrected chi connectivity index (χ2v) is 5.66. The number of hydrogen-bond acceptors (Lipinski definition) is 1. The van der Waals surface area contributed by atoms with E-state index in [1.807, 2.05) is 12.1 Å². The predicted molar refractivity (Wildman–Crippen MR) is 80.4 cm³/mol. The summed E-state index contributed by atoms with van der Waals surface area (Å²) >= 11 is 6.22. The van der Waals surface area contributed by atoms with Gasteiger partial charge in [0, 0.05) is 10.6 Å². The molecule has 3 rings (SSSR count). The van der Waals surface area contributed by atoms with Crippen LogP contribution in [0.15, 0.2) is 42.5 Å². The van der Waals surface area contributed by atoms with Crippen molar-refractivity contribution in [2.24, 2.45) is 0 Å². The van der Waals surface area contributed by atoms with Gasteiger partial charge in [-0.2, -0.15) is 0 Å². The number of benzene rings is 2. The fourth-order valence-corrected chi connectivity index (χ4v) is 2.81. The molecule has 0 heterocycles. The van der Waals surface area contributed by atoms with E-state index in [0.29, 0.717) is 10.9 Å². The zero-order valence-electron chi connectivity index (χ0n) is 11.0. The summed E-state index contributed by atoms with van der Waals surface area (Å²) in [6.07, 6.45) is 3.78. The molecule has 0 bridgehead atoms. The van der Waals surface area contributed by atoms with E-state index in [-0.39, 0.29) is 5.56 Å². The van der Waals surface area contributed by atoms with E-state index in [9.17, 15) is 4.79 Å². The van der Waals surface area contributed by atoms with Crippen LogP contribution in [-0.2, 0) is 0 Å². The molecule has 0 spiro atoms. The lowest BCUT2D eigenvalue weighted by Gasteiger charge is -2.26. The van der Waals surface area contributed by atoms with Gasteiger partial charge in [-0.15, -0.1) is 0 Å². The smallest absolute Gasteiger partial charge is 0.335 e. The van der Waals surface area contributed by atoms with Crippen LogP contribution in [0.3, 0.4) is 0 Å². The first kappa shape index (κ1) is 13.2. The zero-order valence-corrected chi connectivity index (χ0v) is 11.7. The number of carboxylic acid groups (broad SMARTS) is 1. The van der Waals surface area contributed by atoms with Gasteiger partial charge < -0.3 is 5.11 Å². The van der Waals surface area contributed by atoms with E-state index in [4.69, 9.17) is 16.7 Å². The van der Waals surface area contributed by atoms with Gasteiger partial charge in [0.05, 0.1) is 5.56 Å². The molecule has 0 atom stereocenters. The van der Waals surface area contributed by atoms with Crippen molar-refractivity contribution >= 4 is 17.6 Å². The van der Waals surface area contributed by atoms with Gasteiger partial charge in [-0.05, 0) is 48.1 Å². The van der Waals surface area contributed by atoms with Crippen molar-refractivity contribution in [3.05, 3.63) is 58.6 Å². The topological polar surface area (TPSA) is 37.3 Å². The molecule has 1 fully saturated rings. The minimum absolute atomic E-state index is 0.262. The van der Waals surface area contributed by atoms with Crippen molar-refractivity contribution in [2.45, 2.75) is 25.2 Å². The van der Waals surface area contributed by atoms with E-state index in [1.54, 1.807) is 12.1 Å². The number of aromatic carboxylic acids is 1. The van der Waals surface area contributed by atoms with Crippen LogP contribution in [0.4, 0.5) is 0 Å². The molecule has 1 aliphatic rings. The monoisotopic (exact) mass is 286 g/mol. The first-order valence-electron chi connectivity index (χ1n) is 6.78. The lowest BCUT2D eigenvalue weighted by molar-refractivity contribution is 0.0697. The maximum Gasteiger partial charge on any atom is 0.335 e. The number of halogens is 1. The van der Waals surface area contributed by atoms with E-state index in [2.05, 4.69) is 12.1 Å². The van der Waals surface area contributed by atoms with Crippen molar-refractivity contribution in [3.63, 3.8) is 0 Å². The Kier molecular flexibility index (Phi) is 3.49. The molecular weight excluding hydrogens is 272 g/mol. The molecule has 0 aromatic heterocycles. The molecule has 0 aliphatic heterocycles. The fourth-order valence-electron chi connectivity index (χ4n) is 2.58. The van der Waals surface area contributed by atoms with Crippen molar-refractivity contribution < 1.29 is 9.90 Å². The lowest BCUT2D eigenvalue weighted by Crippen LogP contribution is -2.08. The Morgan fingerprint density at radius 3 is 2.60 bits per heavy atom. The molecule has 2 aromatic rings. The second-order valence-electron chi connectivity index (χ2n) is 5.25. The van der Waals surface area contributed by atoms with Gasteiger partial charge in [0.25, 0.3) is 0 Å². The van der Waals surface area contributed by atoms with Gasteiger partial charge in [0.2, 0.25) is 0 Å². The average Bonchev–Trinajstić information content (AvgIpc) is 2.37. The predicted octanol–water partition coefficient (Wildman–Crippen LogP) is 4.97. The summed E-state index contributed by atoms with van der Waals surface area (Å²) in [6.45, 7) is 0. The summed E-state index contributed by atoms with van der Waals surface area (Å²) < 4.78 is 0. The largest absolute Gasteiger partial charge is 0.478 e. The van der Waals surface area contributed by atoms with Gasteiger partial charge in [0.1, 0.15) is 0 Å². The first-order chi connectivity index (χ1) is 9.65. The van der Waals surface area contributed by atoms with Crippen LogP contribution in [-0.4, -0.2) is 11.1 Å². The Labute approximate surface area is 123 Å². The van der Waals surface area contributed by atoms with Crippen LogP contribution < -0.4 is 0 Å². The number of hydrogen-bond donors (Lipinski definition) is 1. The zero-order chi connectivity index (χ0) is 14.1. The van der Waals surface area contributed by atoms with Crippen LogP contribution in [0, 0.1) is 0 Å². The number of carboxylic acids is 1. The molecular formula is C17H15ClO2. The van der Waals surface area contributed by atoms with Gasteiger partial charge in [-0.1, -0.05) is 42.3 Å². The molecule has 0 amide bonds. The quantitative estimate of drug-likeness (QED) is 0.864. The molecule has 20 heavy (non-hydrogen) atoms. The summed E-state index contributed by atoms with van der Waals surface area (Å²) in [5.74, 6) is -0.283. The minimum Gasteiger partial charge on any atom is -0.478 e. The van der Waals surface area contributed by atoms with Crippen molar-refractivity contribution in [1.29, 1.82) is 0 Å². The Balaban J connectivity index is 2.03. The molecule has 1 N–H and O–H groups in total. The third kappa shape index (κ3) is 2.44. The standard InChI is InChI=1S/C17H15ClO2/c18-16-8-7-14(17(19)20)10-15(16)13-6-2-5-12(9-13)11-3-1-4-11/h2,5-11H,1,3-4H2,(H,19,20). The second kappa shape index (κ2) is 5.29. The lowest BCUT2D eigenvalue weighted by atomic mass is 9.79. The first-order valence-corrected chi connectivity index (χ1v) is 7.16. The van der Waals surface area contributed by atoms with E-state index in [1.165, 1.54) is 30.9 Å². The molecule has 0 saturated heterocycles. The molecule has 1 aliphatic carbocycles. The summed E-state index contributed by atoms with van der Waals surface area (Å²) in [4.78, 5) is 11.1. The highest BCUT2D eigenvalue weighted by atomic mass is 35.5. The van der Waals surface area contributed by atoms with E-state index < -0.39 is 5.97 Å². The Morgan fingerprint density at radius 2 is 1.95 bits per heavy atom. The Morgan fingerprint density at radius 1 is 1.15 bits per heavy atom. The van der Waals surface area contributed by atoms with Crippen LogP contribution in [0.5, 0.6) is 0 Å². The maximum atomic E-state index is 11.1. The van der Waals surface area contributed by atoms with Crippen LogP contribution in [0.1, 0.15) is 41.1 Å². The highest BCUT2D eigenvalue weighted by molar-refractivity contribution is 6.33. The maximum absolute atomic E-state index is 11.1. The normalized spacial score (nSPS) is 14.8. The molecule has 0 unspecified atom stereocenters. The highest BCUT2D eigenvalue weighted by Gasteiger charge is 2.20. The highest BCUT2D eigenvalue weighted by Crippen LogP contribution is 2.38. The van der Waals surface area contributed by atoms with E-state index >= 15 is 0 Å². The summed E-state index contributed by atoms with van der Waals surface area (Å²) in [5.41, 5.74) is 3.36. The van der Waals surface area contributed by atoms with Crippen LogP contribution in [0.25, 0.3) is 11.1 Å². The number of rotatable bonds is 3. The van der Waals surface area contributed by atoms with E-state index in [0.717, 1.165) is 11.1 Å². The van der Waals surface area contributed by atoms with Gasteiger partial charge >= 0.3 is 5.97 Å². The molecule has 2 aromatic carbocycles. The average molecular weight is 287 g/mol. The van der Waals surface area contributed by atoms with Crippen LogP contribution in [0.2, 0.25) is 5.02 Å². The summed E-state index contributed by atoms with van der Waals surface area (Å²) in [5, 5.41) is 9.68. The Bertz CT molecular complexity index is 660. The van der Waals surface area contributed by atoms with Crippen LogP contribution >= 0.6 is 11.6 Å². The van der Waals surface area contributed by atoms with Gasteiger partial charge in [-0.3, -0.25) is 0 Å². The molecule has 2 nitrogen and oxygen atoms in total. The third-order valence-corrected chi connectivity index (χ3v) is 4.32. The van der Waals surface area contributed by atoms with Crippen molar-refractivity contribution in [3.8, 4) is 11.1 Å². The molecule has 0 radical (unpaired) electrons. The number of carbonyl (C=O) groups is 1. The van der Waals surface area contributed by atoms with Gasteiger partial charge in [-0.25, -0.2) is 4.79 Å². The minimum atomic E-state index is -0.932. The van der Waals surface area contributed by atoms with Crippen molar-refractivity contribution in [1.82, 2.24) is 0 Å². The van der Waals surface area contributed by atoms with Crippen molar-refractivity contribution in [2.75, 3.05) is 0 Å². The fraction of sp³-hybridized carbons (Fsp3) is 0.235. The summed E-state index contributed by atoms with van der Waals surface area (Å²) in [6, 6.07) is 13.1. The van der Waals surface area contributed by atoms with Gasteiger partial charge in [0.15, 0.2) is 0 Å². The SMILES string of the molecule is O=C(O)c1ccc(Cl)c(-c2cccc(C3CCC3)c2)c1. The molecule has 3 heteroatoms. The molecule has 1 saturated carbocycles. The third-order valence-electron chi connectivity index (χ3n) is 3.99. The summed E-state index contributed by atoms with van der Waals surface area (Å²) in [7, 11) is 0. The molecule has 102 valence electrons. The Hall–Kier alpha value is -1.80.